The molecule has 0 radical (unpaired) electrons. The molecule has 1 aliphatic rings. The second-order valence-corrected chi connectivity index (χ2v) is 7.64. The molecule has 3 rings (SSSR count). The SMILES string of the molecule is COc1cccc(Oc2c(Cl)ncnc2OCCCC2OCC(C)(C)CO2)c1. The van der Waals surface area contributed by atoms with Gasteiger partial charge in [0.15, 0.2) is 11.4 Å². The van der Waals surface area contributed by atoms with Gasteiger partial charge >= 0.3 is 0 Å². The summed E-state index contributed by atoms with van der Waals surface area (Å²) in [4.78, 5) is 8.12. The molecule has 7 nitrogen and oxygen atoms in total. The van der Waals surface area contributed by atoms with Crippen molar-refractivity contribution in [1.29, 1.82) is 0 Å². The summed E-state index contributed by atoms with van der Waals surface area (Å²) >= 11 is 6.19. The van der Waals surface area contributed by atoms with Crippen LogP contribution in [0.1, 0.15) is 26.7 Å². The van der Waals surface area contributed by atoms with Crippen molar-refractivity contribution in [3.8, 4) is 23.1 Å². The molecule has 0 amide bonds. The van der Waals surface area contributed by atoms with E-state index >= 15 is 0 Å². The van der Waals surface area contributed by atoms with Crippen LogP contribution >= 0.6 is 11.6 Å². The van der Waals surface area contributed by atoms with Crippen LogP contribution in [0.4, 0.5) is 0 Å². The molecule has 0 N–H and O–H groups in total. The van der Waals surface area contributed by atoms with Crippen molar-refractivity contribution in [2.24, 2.45) is 5.41 Å². The second-order valence-electron chi connectivity index (χ2n) is 7.29. The summed E-state index contributed by atoms with van der Waals surface area (Å²) in [7, 11) is 1.59. The van der Waals surface area contributed by atoms with E-state index in [-0.39, 0.29) is 28.5 Å². The van der Waals surface area contributed by atoms with Crippen LogP contribution in [0.15, 0.2) is 30.6 Å². The predicted molar refractivity (Wildman–Crippen MR) is 104 cm³/mol. The highest BCUT2D eigenvalue weighted by Crippen LogP contribution is 2.36. The van der Waals surface area contributed by atoms with Gasteiger partial charge in [-0.15, -0.1) is 0 Å². The van der Waals surface area contributed by atoms with Gasteiger partial charge in [-0.3, -0.25) is 0 Å². The molecule has 0 unspecified atom stereocenters. The monoisotopic (exact) mass is 408 g/mol. The lowest BCUT2D eigenvalue weighted by molar-refractivity contribution is -0.224. The minimum absolute atomic E-state index is 0.0665. The van der Waals surface area contributed by atoms with E-state index in [1.807, 2.05) is 12.1 Å². The van der Waals surface area contributed by atoms with Gasteiger partial charge in [0, 0.05) is 17.9 Å². The lowest BCUT2D eigenvalue weighted by Crippen LogP contribution is -2.37. The summed E-state index contributed by atoms with van der Waals surface area (Å²) in [6.45, 7) is 6.05. The van der Waals surface area contributed by atoms with E-state index in [0.29, 0.717) is 31.3 Å². The smallest absolute Gasteiger partial charge is 0.262 e. The van der Waals surface area contributed by atoms with Crippen LogP contribution < -0.4 is 14.2 Å². The average molecular weight is 409 g/mol. The number of aromatic nitrogens is 2. The number of ether oxygens (including phenoxy) is 5. The predicted octanol–water partition coefficient (Wildman–Crippen LogP) is 4.49. The van der Waals surface area contributed by atoms with E-state index in [9.17, 15) is 0 Å². The van der Waals surface area contributed by atoms with Crippen molar-refractivity contribution < 1.29 is 23.7 Å². The Hall–Kier alpha value is -2.09. The third-order valence-electron chi connectivity index (χ3n) is 4.13. The van der Waals surface area contributed by atoms with E-state index in [1.54, 1.807) is 19.2 Å². The third-order valence-corrected chi connectivity index (χ3v) is 4.40. The Morgan fingerprint density at radius 1 is 1.18 bits per heavy atom. The van der Waals surface area contributed by atoms with Crippen molar-refractivity contribution in [2.75, 3.05) is 26.9 Å². The highest BCUT2D eigenvalue weighted by molar-refractivity contribution is 6.31. The van der Waals surface area contributed by atoms with E-state index in [0.717, 1.165) is 12.8 Å². The van der Waals surface area contributed by atoms with E-state index in [4.69, 9.17) is 35.3 Å². The molecule has 8 heteroatoms. The fourth-order valence-corrected chi connectivity index (χ4v) is 2.78. The number of halogens is 1. The van der Waals surface area contributed by atoms with Crippen LogP contribution in [-0.2, 0) is 9.47 Å². The summed E-state index contributed by atoms with van der Waals surface area (Å²) in [5.74, 6) is 1.77. The molecule has 0 saturated carbocycles. The van der Waals surface area contributed by atoms with Gasteiger partial charge in [-0.05, 0) is 18.6 Å². The number of nitrogens with zero attached hydrogens (tertiary/aromatic N) is 2. The summed E-state index contributed by atoms with van der Waals surface area (Å²) in [5.41, 5.74) is 0.0665. The van der Waals surface area contributed by atoms with Crippen LogP contribution in [0.5, 0.6) is 23.1 Å². The highest BCUT2D eigenvalue weighted by Gasteiger charge is 2.28. The summed E-state index contributed by atoms with van der Waals surface area (Å²) in [6.07, 6.45) is 2.62. The number of methoxy groups -OCH3 is 1. The molecule has 0 bridgehead atoms. The van der Waals surface area contributed by atoms with Gasteiger partial charge in [-0.2, -0.15) is 4.98 Å². The van der Waals surface area contributed by atoms with Crippen molar-refractivity contribution in [3.05, 3.63) is 35.7 Å². The normalized spacial score (nSPS) is 16.6. The summed E-state index contributed by atoms with van der Waals surface area (Å²) in [5, 5.41) is 0.175. The van der Waals surface area contributed by atoms with Crippen molar-refractivity contribution in [1.82, 2.24) is 9.97 Å². The molecule has 1 aromatic heterocycles. The molecule has 152 valence electrons. The topological polar surface area (TPSA) is 71.9 Å². The molecule has 2 aromatic rings. The molecule has 1 aliphatic heterocycles. The molecule has 0 atom stereocenters. The van der Waals surface area contributed by atoms with Gasteiger partial charge in [-0.25, -0.2) is 4.98 Å². The molecular weight excluding hydrogens is 384 g/mol. The highest BCUT2D eigenvalue weighted by atomic mass is 35.5. The molecular formula is C20H25ClN2O5. The second kappa shape index (κ2) is 9.41. The standard InChI is InChI=1S/C20H25ClN2O5/c1-20(2)11-26-16(27-12-20)8-5-9-25-19-17(18(21)22-13-23-19)28-15-7-4-6-14(10-15)24-3/h4,6-7,10,13,16H,5,8-9,11-12H2,1-3H3. The minimum Gasteiger partial charge on any atom is -0.497 e. The van der Waals surface area contributed by atoms with Gasteiger partial charge in [0.25, 0.3) is 5.88 Å². The van der Waals surface area contributed by atoms with Crippen molar-refractivity contribution in [3.63, 3.8) is 0 Å². The Morgan fingerprint density at radius 2 is 1.93 bits per heavy atom. The number of benzene rings is 1. The summed E-state index contributed by atoms with van der Waals surface area (Å²) < 4.78 is 28.3. The van der Waals surface area contributed by atoms with E-state index in [1.165, 1.54) is 6.33 Å². The van der Waals surface area contributed by atoms with Crippen LogP contribution in [0.2, 0.25) is 5.15 Å². The Balaban J connectivity index is 1.55. The maximum Gasteiger partial charge on any atom is 0.262 e. The fraction of sp³-hybridized carbons (Fsp3) is 0.500. The minimum atomic E-state index is -0.196. The number of rotatable bonds is 8. The van der Waals surface area contributed by atoms with Gasteiger partial charge in [0.2, 0.25) is 5.75 Å². The maximum absolute atomic E-state index is 6.19. The zero-order chi connectivity index (χ0) is 20.0. The Bertz CT molecular complexity index is 777. The molecule has 1 fully saturated rings. The quantitative estimate of drug-likeness (QED) is 0.470. The van der Waals surface area contributed by atoms with Crippen LogP contribution in [0.25, 0.3) is 0 Å². The molecule has 28 heavy (non-hydrogen) atoms. The summed E-state index contributed by atoms with van der Waals surface area (Å²) in [6, 6.07) is 7.17. The zero-order valence-electron chi connectivity index (χ0n) is 16.3. The van der Waals surface area contributed by atoms with Gasteiger partial charge in [-0.1, -0.05) is 31.5 Å². The molecule has 1 aromatic carbocycles. The van der Waals surface area contributed by atoms with Gasteiger partial charge < -0.3 is 23.7 Å². The Labute approximate surface area is 169 Å². The van der Waals surface area contributed by atoms with E-state index in [2.05, 4.69) is 23.8 Å². The lowest BCUT2D eigenvalue weighted by atomic mass is 9.95. The van der Waals surface area contributed by atoms with E-state index < -0.39 is 0 Å². The molecule has 1 saturated heterocycles. The van der Waals surface area contributed by atoms with Crippen LogP contribution in [-0.4, -0.2) is 43.2 Å². The maximum atomic E-state index is 6.19. The van der Waals surface area contributed by atoms with Crippen LogP contribution in [0.3, 0.4) is 0 Å². The van der Waals surface area contributed by atoms with Crippen molar-refractivity contribution >= 4 is 11.6 Å². The molecule has 0 spiro atoms. The van der Waals surface area contributed by atoms with Crippen molar-refractivity contribution in [2.45, 2.75) is 33.0 Å². The average Bonchev–Trinajstić information content (AvgIpc) is 2.69. The lowest BCUT2D eigenvalue weighted by Gasteiger charge is -2.34. The number of hydrogen-bond acceptors (Lipinski definition) is 7. The van der Waals surface area contributed by atoms with Gasteiger partial charge in [0.1, 0.15) is 17.8 Å². The first-order chi connectivity index (χ1) is 13.5. The molecule has 0 aliphatic carbocycles. The number of hydrogen-bond donors (Lipinski definition) is 0. The fourth-order valence-electron chi connectivity index (χ4n) is 2.62. The Kier molecular flexibility index (Phi) is 6.93. The van der Waals surface area contributed by atoms with Gasteiger partial charge in [0.05, 0.1) is 26.9 Å². The van der Waals surface area contributed by atoms with Crippen LogP contribution in [0, 0.1) is 5.41 Å². The first kappa shape index (κ1) is 20.6. The third kappa shape index (κ3) is 5.70. The first-order valence-corrected chi connectivity index (χ1v) is 9.53. The first-order valence-electron chi connectivity index (χ1n) is 9.15. The zero-order valence-corrected chi connectivity index (χ0v) is 17.1. The molecule has 2 heterocycles. The Morgan fingerprint density at radius 3 is 2.68 bits per heavy atom. The largest absolute Gasteiger partial charge is 0.497 e.